The number of carboxylic acids is 1. The minimum atomic E-state index is -1.10. The maximum absolute atomic E-state index is 12.7. The Labute approximate surface area is 188 Å². The van der Waals surface area contributed by atoms with Gasteiger partial charge in [-0.2, -0.15) is 0 Å². The van der Waals surface area contributed by atoms with Crippen molar-refractivity contribution in [1.29, 1.82) is 0 Å². The molecule has 2 aromatic heterocycles. The number of hydrogen-bond acceptors (Lipinski definition) is 6. The number of benzene rings is 1. The van der Waals surface area contributed by atoms with Crippen LogP contribution in [0.5, 0.6) is 11.5 Å². The molecule has 0 bridgehead atoms. The van der Waals surface area contributed by atoms with E-state index in [-0.39, 0.29) is 17.7 Å². The summed E-state index contributed by atoms with van der Waals surface area (Å²) in [5.41, 5.74) is 0.203. The van der Waals surface area contributed by atoms with Gasteiger partial charge in [-0.15, -0.1) is 11.3 Å². The van der Waals surface area contributed by atoms with E-state index in [9.17, 15) is 19.5 Å². The lowest BCUT2D eigenvalue weighted by Crippen LogP contribution is -2.36. The Morgan fingerprint density at radius 1 is 1.12 bits per heavy atom. The van der Waals surface area contributed by atoms with Gasteiger partial charge in [-0.05, 0) is 41.3 Å². The van der Waals surface area contributed by atoms with E-state index in [0.29, 0.717) is 23.6 Å². The quantitative estimate of drug-likeness (QED) is 0.454. The highest BCUT2D eigenvalue weighted by molar-refractivity contribution is 7.09. The molecule has 9 nitrogen and oxygen atoms in total. The summed E-state index contributed by atoms with van der Waals surface area (Å²) in [4.78, 5) is 37.8. The number of pyridine rings is 1. The molecule has 0 radical (unpaired) electrons. The molecule has 0 saturated heterocycles. The standard InChI is InChI=1S/C22H23N3O6S/c1-30-15-9-14(10-16(11-15)31-2)19(12-20(26)27)24-22(29)23-18-6-3-7-25(21(18)28)13-17-5-4-8-32-17/h3-11,19H,12-13H2,1-2H3,(H,26,27)(H2,23,24,29)/t19-/m0/s1. The van der Waals surface area contributed by atoms with Gasteiger partial charge in [0.1, 0.15) is 17.2 Å². The van der Waals surface area contributed by atoms with Gasteiger partial charge in [0.25, 0.3) is 5.56 Å². The summed E-state index contributed by atoms with van der Waals surface area (Å²) in [6.07, 6.45) is 1.27. The van der Waals surface area contributed by atoms with Gasteiger partial charge in [-0.1, -0.05) is 6.07 Å². The number of amides is 2. The lowest BCUT2D eigenvalue weighted by Gasteiger charge is -2.19. The molecule has 0 aliphatic rings. The number of carbonyl (C=O) groups is 2. The highest BCUT2D eigenvalue weighted by atomic mass is 32.1. The van der Waals surface area contributed by atoms with Crippen LogP contribution in [0, 0.1) is 0 Å². The van der Waals surface area contributed by atoms with Crippen LogP contribution in [-0.4, -0.2) is 35.9 Å². The molecule has 10 heteroatoms. The van der Waals surface area contributed by atoms with Gasteiger partial charge in [0.05, 0.1) is 33.2 Å². The molecule has 0 fully saturated rings. The van der Waals surface area contributed by atoms with Crippen LogP contribution in [0.15, 0.2) is 58.8 Å². The summed E-state index contributed by atoms with van der Waals surface area (Å²) >= 11 is 1.53. The first-order valence-corrected chi connectivity index (χ1v) is 10.5. The third-order valence-electron chi connectivity index (χ3n) is 4.63. The number of hydrogen-bond donors (Lipinski definition) is 3. The summed E-state index contributed by atoms with van der Waals surface area (Å²) in [6.45, 7) is 0.388. The summed E-state index contributed by atoms with van der Waals surface area (Å²) in [5.74, 6) is -0.192. The van der Waals surface area contributed by atoms with Gasteiger partial charge in [-0.3, -0.25) is 9.59 Å². The number of ether oxygens (including phenoxy) is 2. The minimum absolute atomic E-state index is 0.0823. The van der Waals surface area contributed by atoms with E-state index >= 15 is 0 Å². The minimum Gasteiger partial charge on any atom is -0.497 e. The van der Waals surface area contributed by atoms with E-state index in [2.05, 4.69) is 10.6 Å². The van der Waals surface area contributed by atoms with Crippen LogP contribution in [-0.2, 0) is 11.3 Å². The van der Waals surface area contributed by atoms with Crippen LogP contribution in [0.25, 0.3) is 0 Å². The van der Waals surface area contributed by atoms with Crippen molar-refractivity contribution in [3.05, 3.63) is 74.8 Å². The summed E-state index contributed by atoms with van der Waals surface area (Å²) in [5, 5.41) is 16.4. The van der Waals surface area contributed by atoms with Crippen LogP contribution in [0.4, 0.5) is 10.5 Å². The van der Waals surface area contributed by atoms with E-state index in [0.717, 1.165) is 4.88 Å². The topological polar surface area (TPSA) is 119 Å². The molecule has 32 heavy (non-hydrogen) atoms. The molecular formula is C22H23N3O6S. The summed E-state index contributed by atoms with van der Waals surface area (Å²) in [7, 11) is 2.95. The van der Waals surface area contributed by atoms with Crippen molar-refractivity contribution in [3.63, 3.8) is 0 Å². The molecule has 3 aromatic rings. The van der Waals surface area contributed by atoms with Crippen LogP contribution in [0.3, 0.4) is 0 Å². The first-order chi connectivity index (χ1) is 15.4. The monoisotopic (exact) mass is 457 g/mol. The number of thiophene rings is 1. The molecule has 0 aliphatic heterocycles. The number of aromatic nitrogens is 1. The Kier molecular flexibility index (Phi) is 7.50. The third kappa shape index (κ3) is 5.88. The average Bonchev–Trinajstić information content (AvgIpc) is 3.28. The van der Waals surface area contributed by atoms with Crippen molar-refractivity contribution in [3.8, 4) is 11.5 Å². The Balaban J connectivity index is 1.79. The van der Waals surface area contributed by atoms with E-state index in [1.54, 1.807) is 30.5 Å². The lowest BCUT2D eigenvalue weighted by atomic mass is 10.0. The van der Waals surface area contributed by atoms with Gasteiger partial charge in [0.15, 0.2) is 0 Å². The van der Waals surface area contributed by atoms with Crippen molar-refractivity contribution < 1.29 is 24.2 Å². The molecule has 2 amide bonds. The molecule has 0 unspecified atom stereocenters. The molecule has 0 spiro atoms. The third-order valence-corrected chi connectivity index (χ3v) is 5.50. The van der Waals surface area contributed by atoms with Crippen LogP contribution >= 0.6 is 11.3 Å². The predicted octanol–water partition coefficient (Wildman–Crippen LogP) is 3.31. The van der Waals surface area contributed by atoms with Crippen molar-refractivity contribution in [2.45, 2.75) is 19.0 Å². The van der Waals surface area contributed by atoms with Gasteiger partial charge in [0.2, 0.25) is 0 Å². The number of carboxylic acid groups (broad SMARTS) is 1. The fraction of sp³-hybridized carbons (Fsp3) is 0.227. The van der Waals surface area contributed by atoms with Crippen molar-refractivity contribution in [2.75, 3.05) is 19.5 Å². The Bertz CT molecular complexity index is 1120. The number of nitrogens with zero attached hydrogens (tertiary/aromatic N) is 1. The number of aliphatic carboxylic acids is 1. The maximum Gasteiger partial charge on any atom is 0.319 e. The van der Waals surface area contributed by atoms with Gasteiger partial charge < -0.3 is 29.8 Å². The van der Waals surface area contributed by atoms with Crippen LogP contribution in [0.1, 0.15) is 22.9 Å². The highest BCUT2D eigenvalue weighted by Gasteiger charge is 2.20. The summed E-state index contributed by atoms with van der Waals surface area (Å²) < 4.78 is 11.9. The normalized spacial score (nSPS) is 11.4. The predicted molar refractivity (Wildman–Crippen MR) is 121 cm³/mol. The number of rotatable bonds is 9. The number of nitrogens with one attached hydrogen (secondary N) is 2. The number of carbonyl (C=O) groups excluding carboxylic acids is 1. The molecular weight excluding hydrogens is 434 g/mol. The second-order valence-corrected chi connectivity index (χ2v) is 7.86. The molecule has 3 N–H and O–H groups in total. The van der Waals surface area contributed by atoms with Crippen molar-refractivity contribution in [1.82, 2.24) is 9.88 Å². The van der Waals surface area contributed by atoms with Gasteiger partial charge >= 0.3 is 12.0 Å². The first-order valence-electron chi connectivity index (χ1n) is 9.63. The first kappa shape index (κ1) is 22.9. The fourth-order valence-electron chi connectivity index (χ4n) is 3.10. The number of methoxy groups -OCH3 is 2. The molecule has 0 saturated carbocycles. The van der Waals surface area contributed by atoms with Crippen molar-refractivity contribution in [2.24, 2.45) is 0 Å². The fourth-order valence-corrected chi connectivity index (χ4v) is 3.80. The number of anilines is 1. The zero-order valence-corrected chi connectivity index (χ0v) is 18.3. The Hall–Kier alpha value is -3.79. The molecule has 0 aliphatic carbocycles. The molecule has 1 aromatic carbocycles. The SMILES string of the molecule is COc1cc(OC)cc([C@H](CC(=O)O)NC(=O)Nc2cccn(Cc3cccs3)c2=O)c1. The van der Waals surface area contributed by atoms with E-state index in [4.69, 9.17) is 9.47 Å². The molecule has 3 rings (SSSR count). The second-order valence-electron chi connectivity index (χ2n) is 6.83. The second kappa shape index (κ2) is 10.5. The Morgan fingerprint density at radius 3 is 2.44 bits per heavy atom. The Morgan fingerprint density at radius 2 is 1.84 bits per heavy atom. The number of urea groups is 1. The molecule has 1 atom stereocenters. The van der Waals surface area contributed by atoms with Gasteiger partial charge in [-0.25, -0.2) is 4.79 Å². The van der Waals surface area contributed by atoms with Crippen molar-refractivity contribution >= 4 is 29.0 Å². The maximum atomic E-state index is 12.7. The largest absolute Gasteiger partial charge is 0.497 e. The zero-order valence-electron chi connectivity index (χ0n) is 17.5. The van der Waals surface area contributed by atoms with E-state index in [1.807, 2.05) is 17.5 Å². The molecule has 168 valence electrons. The molecule has 2 heterocycles. The zero-order chi connectivity index (χ0) is 23.1. The van der Waals surface area contributed by atoms with Crippen LogP contribution in [0.2, 0.25) is 0 Å². The lowest BCUT2D eigenvalue weighted by molar-refractivity contribution is -0.137. The van der Waals surface area contributed by atoms with E-state index < -0.39 is 18.0 Å². The smallest absolute Gasteiger partial charge is 0.319 e. The van der Waals surface area contributed by atoms with Gasteiger partial charge in [0, 0.05) is 17.1 Å². The average molecular weight is 458 g/mol. The summed E-state index contributed by atoms with van der Waals surface area (Å²) in [6, 6.07) is 10.3. The highest BCUT2D eigenvalue weighted by Crippen LogP contribution is 2.28. The van der Waals surface area contributed by atoms with Crippen LogP contribution < -0.4 is 25.7 Å². The van der Waals surface area contributed by atoms with E-state index in [1.165, 1.54) is 36.2 Å².